The lowest BCUT2D eigenvalue weighted by atomic mass is 9.70. The third-order valence-corrected chi connectivity index (χ3v) is 4.66. The number of hydrogen-bond acceptors (Lipinski definition) is 10. The average molecular weight is 393 g/mol. The van der Waals surface area contributed by atoms with Gasteiger partial charge in [-0.2, -0.15) is 0 Å². The molecule has 2 aliphatic heterocycles. The van der Waals surface area contributed by atoms with Crippen molar-refractivity contribution in [3.8, 4) is 11.5 Å². The number of carboxylic acids is 2. The highest BCUT2D eigenvalue weighted by molar-refractivity contribution is 6.59. The van der Waals surface area contributed by atoms with Gasteiger partial charge in [0.1, 0.15) is 11.9 Å². The van der Waals surface area contributed by atoms with Crippen LogP contribution < -0.4 is 25.3 Å². The van der Waals surface area contributed by atoms with Crippen LogP contribution in [0.1, 0.15) is 22.3 Å². The molecule has 1 aromatic carbocycles. The predicted octanol–water partition coefficient (Wildman–Crippen LogP) is -4.03. The van der Waals surface area contributed by atoms with Crippen LogP contribution >= 0.6 is 0 Å². The second kappa shape index (κ2) is 7.30. The van der Waals surface area contributed by atoms with Crippen LogP contribution in [0.25, 0.3) is 0 Å². The van der Waals surface area contributed by atoms with Crippen molar-refractivity contribution in [3.05, 3.63) is 23.3 Å². The summed E-state index contributed by atoms with van der Waals surface area (Å²) in [7, 11) is 0. The summed E-state index contributed by atoms with van der Waals surface area (Å²) in [5, 5.41) is 41.5. The van der Waals surface area contributed by atoms with E-state index in [0.717, 1.165) is 0 Å². The van der Waals surface area contributed by atoms with E-state index in [9.17, 15) is 34.6 Å². The maximum absolute atomic E-state index is 12.0. The minimum absolute atomic E-state index is 0.0640. The van der Waals surface area contributed by atoms with Crippen molar-refractivity contribution in [2.45, 2.75) is 31.3 Å². The molecule has 0 radical (unpaired) electrons. The Bertz CT molecular complexity index is 823. The van der Waals surface area contributed by atoms with E-state index in [1.54, 1.807) is 6.07 Å². The number of benzene rings is 1. The van der Waals surface area contributed by atoms with Crippen LogP contribution in [0.3, 0.4) is 0 Å². The number of nitrogens with two attached hydrogens (primary N) is 1. The largest absolute Gasteiger partial charge is 0.669 e. The summed E-state index contributed by atoms with van der Waals surface area (Å²) < 4.78 is 10.6. The van der Waals surface area contributed by atoms with Gasteiger partial charge < -0.3 is 49.9 Å². The van der Waals surface area contributed by atoms with E-state index < -0.39 is 48.7 Å². The molecule has 0 spiro atoms. The molecule has 1 aromatic rings. The molecule has 0 aromatic heterocycles. The third kappa shape index (κ3) is 4.03. The lowest BCUT2D eigenvalue weighted by Crippen LogP contribution is -2.60. The van der Waals surface area contributed by atoms with Crippen molar-refractivity contribution < 1.29 is 44.0 Å². The molecule has 1 atom stereocenters. The van der Waals surface area contributed by atoms with Crippen LogP contribution in [-0.4, -0.2) is 64.8 Å². The first-order valence-electron chi connectivity index (χ1n) is 8.65. The van der Waals surface area contributed by atoms with E-state index in [-0.39, 0.29) is 37.3 Å². The molecule has 0 bridgehead atoms. The number of carbonyl (C=O) groups is 3. The van der Waals surface area contributed by atoms with Gasteiger partial charge in [0.2, 0.25) is 5.91 Å². The molecule has 0 unspecified atom stereocenters. The van der Waals surface area contributed by atoms with Crippen molar-refractivity contribution in [1.29, 1.82) is 0 Å². The monoisotopic (exact) mass is 393 g/mol. The summed E-state index contributed by atoms with van der Waals surface area (Å²) in [5.74, 6) is -3.93. The number of likely N-dealkylation sites (tertiary alicyclic amines) is 1. The number of hydrogen-bond donors (Lipinski definition) is 3. The van der Waals surface area contributed by atoms with E-state index >= 15 is 0 Å². The van der Waals surface area contributed by atoms with Crippen LogP contribution in [0.2, 0.25) is 6.32 Å². The Balaban J connectivity index is 1.70. The molecule has 11 nitrogen and oxygen atoms in total. The van der Waals surface area contributed by atoms with E-state index in [1.165, 1.54) is 11.0 Å². The molecule has 3 rings (SSSR count). The zero-order chi connectivity index (χ0) is 20.6. The molecule has 2 aliphatic rings. The van der Waals surface area contributed by atoms with E-state index in [4.69, 9.17) is 15.1 Å². The molecule has 1 fully saturated rings. The van der Waals surface area contributed by atoms with Gasteiger partial charge in [-0.05, 0) is 18.1 Å². The highest BCUT2D eigenvalue weighted by Gasteiger charge is 2.36. The standard InChI is InChI=1S/C16H20BN2O9/c18-10(5-12(20)21)15(22)19-6-9(7-19)27-11-2-1-8-3-4-17(25,26)28-14(8)13(11)16(23)24/h1-2,9-10,25-26H,3-7,18H2,(H,20,21)(H,23,24)/q-1/p-2/t10-/m1/s1. The minimum Gasteiger partial charge on any atom is -0.669 e. The number of aryl methyl sites for hydroxylation is 1. The average Bonchev–Trinajstić information content (AvgIpc) is 2.54. The SMILES string of the molecule is N[C@H](CC(=O)[O-])C(=O)N1CC(Oc2ccc3c(c2C(=O)[O-])O[B-](O)(O)CC3)C1. The van der Waals surface area contributed by atoms with Gasteiger partial charge in [-0.1, -0.05) is 12.4 Å². The van der Waals surface area contributed by atoms with Crippen molar-refractivity contribution in [2.24, 2.45) is 5.73 Å². The number of carbonyl (C=O) groups excluding carboxylic acids is 3. The molecule has 0 saturated carbocycles. The molecule has 152 valence electrons. The second-order valence-electron chi connectivity index (χ2n) is 6.89. The fourth-order valence-electron chi connectivity index (χ4n) is 3.20. The zero-order valence-corrected chi connectivity index (χ0v) is 14.7. The molecule has 1 amide bonds. The highest BCUT2D eigenvalue weighted by atomic mass is 16.6. The maximum atomic E-state index is 12.0. The highest BCUT2D eigenvalue weighted by Crippen LogP contribution is 2.38. The van der Waals surface area contributed by atoms with E-state index in [0.29, 0.717) is 5.56 Å². The molecular formula is C16H18BN2O9-3. The number of ether oxygens (including phenoxy) is 1. The molecule has 12 heteroatoms. The van der Waals surface area contributed by atoms with Gasteiger partial charge in [0.15, 0.2) is 0 Å². The van der Waals surface area contributed by atoms with Gasteiger partial charge in [-0.3, -0.25) is 4.79 Å². The Morgan fingerprint density at radius 3 is 2.61 bits per heavy atom. The summed E-state index contributed by atoms with van der Waals surface area (Å²) in [6.07, 6.45) is -1.02. The van der Waals surface area contributed by atoms with Gasteiger partial charge in [0.05, 0.1) is 36.4 Å². The first-order chi connectivity index (χ1) is 13.1. The van der Waals surface area contributed by atoms with Gasteiger partial charge in [-0.15, -0.1) is 0 Å². The van der Waals surface area contributed by atoms with Crippen molar-refractivity contribution in [3.63, 3.8) is 0 Å². The molecule has 2 heterocycles. The van der Waals surface area contributed by atoms with Gasteiger partial charge in [0, 0.05) is 12.4 Å². The summed E-state index contributed by atoms with van der Waals surface area (Å²) >= 11 is 0. The van der Waals surface area contributed by atoms with Crippen molar-refractivity contribution in [2.75, 3.05) is 13.1 Å². The van der Waals surface area contributed by atoms with E-state index in [2.05, 4.69) is 0 Å². The molecule has 28 heavy (non-hydrogen) atoms. The Hall–Kier alpha value is -2.83. The summed E-state index contributed by atoms with van der Waals surface area (Å²) in [6.45, 7) is -3.01. The van der Waals surface area contributed by atoms with E-state index in [1.807, 2.05) is 0 Å². The second-order valence-corrected chi connectivity index (χ2v) is 6.89. The van der Waals surface area contributed by atoms with Crippen LogP contribution in [-0.2, 0) is 16.0 Å². The maximum Gasteiger partial charge on any atom is 0.430 e. The summed E-state index contributed by atoms with van der Waals surface area (Å²) in [4.78, 5) is 35.4. The topological polar surface area (TPSA) is 186 Å². The van der Waals surface area contributed by atoms with Crippen molar-refractivity contribution >= 4 is 24.6 Å². The number of rotatable bonds is 6. The number of fused-ring (bicyclic) bond motifs is 1. The minimum atomic E-state index is -3.17. The fourth-order valence-corrected chi connectivity index (χ4v) is 3.20. The predicted molar refractivity (Wildman–Crippen MR) is 88.7 cm³/mol. The smallest absolute Gasteiger partial charge is 0.430 e. The Morgan fingerprint density at radius 2 is 2.00 bits per heavy atom. The Morgan fingerprint density at radius 1 is 1.32 bits per heavy atom. The van der Waals surface area contributed by atoms with Crippen molar-refractivity contribution in [1.82, 2.24) is 4.90 Å². The quantitative estimate of drug-likeness (QED) is 0.402. The fraction of sp³-hybridized carbons (Fsp3) is 0.438. The Kier molecular flexibility index (Phi) is 5.19. The number of nitrogens with zero attached hydrogens (tertiary/aromatic N) is 1. The summed E-state index contributed by atoms with van der Waals surface area (Å²) in [6, 6.07) is 1.74. The van der Waals surface area contributed by atoms with Crippen LogP contribution in [0.4, 0.5) is 0 Å². The molecule has 0 aliphatic carbocycles. The molecule has 4 N–H and O–H groups in total. The van der Waals surface area contributed by atoms with Crippen LogP contribution in [0, 0.1) is 0 Å². The lowest BCUT2D eigenvalue weighted by molar-refractivity contribution is -0.306. The molecular weight excluding hydrogens is 375 g/mol. The third-order valence-electron chi connectivity index (χ3n) is 4.66. The van der Waals surface area contributed by atoms with Gasteiger partial charge in [0.25, 0.3) is 0 Å². The first-order valence-corrected chi connectivity index (χ1v) is 8.65. The Labute approximate surface area is 159 Å². The zero-order valence-electron chi connectivity index (χ0n) is 14.7. The number of aliphatic carboxylic acids is 1. The summed E-state index contributed by atoms with van der Waals surface area (Å²) in [5.41, 5.74) is 5.53. The number of carboxylic acid groups (broad SMARTS) is 2. The van der Waals surface area contributed by atoms with Crippen LogP contribution in [0.5, 0.6) is 11.5 Å². The number of amides is 1. The molecule has 1 saturated heterocycles. The normalized spacial score (nSPS) is 19.0. The lowest BCUT2D eigenvalue weighted by Gasteiger charge is -2.41. The van der Waals surface area contributed by atoms with Gasteiger partial charge >= 0.3 is 6.75 Å². The van der Waals surface area contributed by atoms with Crippen LogP contribution in [0.15, 0.2) is 12.1 Å². The number of aromatic carboxylic acids is 1. The van der Waals surface area contributed by atoms with Gasteiger partial charge in [-0.25, -0.2) is 0 Å². The first kappa shape index (κ1) is 19.9.